The molecule has 0 atom stereocenters. The summed E-state index contributed by atoms with van der Waals surface area (Å²) in [7, 11) is 0. The lowest BCUT2D eigenvalue weighted by molar-refractivity contribution is -0.137. The number of aliphatic hydroxyl groups is 1. The fourth-order valence-corrected chi connectivity index (χ4v) is 4.07. The Morgan fingerprint density at radius 3 is 2.43 bits per heavy atom. The Hall–Kier alpha value is -2.68. The number of benzene rings is 1. The Kier molecular flexibility index (Phi) is 5.40. The third kappa shape index (κ3) is 4.12. The zero-order valence-electron chi connectivity index (χ0n) is 16.4. The summed E-state index contributed by atoms with van der Waals surface area (Å²) in [5, 5.41) is 11.0. The Labute approximate surface area is 172 Å². The first kappa shape index (κ1) is 20.6. The summed E-state index contributed by atoms with van der Waals surface area (Å²) in [6.07, 6.45) is 1.03. The van der Waals surface area contributed by atoms with Crippen LogP contribution in [-0.4, -0.2) is 52.1 Å². The minimum atomic E-state index is -4.45. The van der Waals surface area contributed by atoms with Crippen molar-refractivity contribution in [1.29, 1.82) is 0 Å². The molecule has 0 bridgehead atoms. The molecule has 6 nitrogen and oxygen atoms in total. The van der Waals surface area contributed by atoms with Gasteiger partial charge in [-0.25, -0.2) is 4.98 Å². The van der Waals surface area contributed by atoms with Crippen LogP contribution >= 0.6 is 0 Å². The molecule has 1 aromatic carbocycles. The van der Waals surface area contributed by atoms with Crippen molar-refractivity contribution in [3.05, 3.63) is 53.5 Å². The summed E-state index contributed by atoms with van der Waals surface area (Å²) in [6.45, 7) is 2.22. The Bertz CT molecular complexity index is 920. The quantitative estimate of drug-likeness (QED) is 0.826. The predicted molar refractivity (Wildman–Crippen MR) is 104 cm³/mol. The van der Waals surface area contributed by atoms with Gasteiger partial charge in [0.05, 0.1) is 23.6 Å². The molecule has 2 saturated heterocycles. The molecule has 1 amide bonds. The van der Waals surface area contributed by atoms with Crippen LogP contribution in [0.25, 0.3) is 0 Å². The highest BCUT2D eigenvalue weighted by Crippen LogP contribution is 2.37. The summed E-state index contributed by atoms with van der Waals surface area (Å²) < 4.78 is 39.1. The number of hydrogen-bond acceptors (Lipinski definition) is 5. The van der Waals surface area contributed by atoms with Crippen LogP contribution in [0.15, 0.2) is 36.7 Å². The summed E-state index contributed by atoms with van der Waals surface area (Å²) in [5.74, 6) is 0.394. The summed E-state index contributed by atoms with van der Waals surface area (Å²) in [4.78, 5) is 24.8. The minimum absolute atomic E-state index is 0.140. The maximum absolute atomic E-state index is 13.0. The first-order valence-electron chi connectivity index (χ1n) is 10.0. The second kappa shape index (κ2) is 7.86. The van der Waals surface area contributed by atoms with E-state index in [1.807, 2.05) is 4.90 Å². The monoisotopic (exact) mass is 420 g/mol. The SMILES string of the molecule is O=C(c1cncc(N2CCC(O)(c3cccc(C(F)(F)F)c3)CC2)n1)N1CCCC1. The van der Waals surface area contributed by atoms with Crippen molar-refractivity contribution < 1.29 is 23.1 Å². The molecule has 30 heavy (non-hydrogen) atoms. The number of halogens is 3. The number of carbonyl (C=O) groups excluding carboxylic acids is 1. The van der Waals surface area contributed by atoms with Crippen molar-refractivity contribution in [2.75, 3.05) is 31.1 Å². The van der Waals surface area contributed by atoms with Gasteiger partial charge >= 0.3 is 6.18 Å². The number of hydrogen-bond donors (Lipinski definition) is 1. The number of aromatic nitrogens is 2. The van der Waals surface area contributed by atoms with Crippen molar-refractivity contribution in [2.45, 2.75) is 37.5 Å². The van der Waals surface area contributed by atoms with E-state index in [9.17, 15) is 23.1 Å². The normalized spacial score (nSPS) is 19.2. The minimum Gasteiger partial charge on any atom is -0.385 e. The van der Waals surface area contributed by atoms with E-state index >= 15 is 0 Å². The first-order valence-corrected chi connectivity index (χ1v) is 10.0. The topological polar surface area (TPSA) is 69.6 Å². The van der Waals surface area contributed by atoms with Gasteiger partial charge in [-0.15, -0.1) is 0 Å². The molecule has 160 valence electrons. The molecule has 1 aromatic heterocycles. The summed E-state index contributed by atoms with van der Waals surface area (Å²) in [5.41, 5.74) is -1.56. The van der Waals surface area contributed by atoms with Crippen molar-refractivity contribution >= 4 is 11.7 Å². The Morgan fingerprint density at radius 1 is 1.07 bits per heavy atom. The number of amides is 1. The van der Waals surface area contributed by atoms with Gasteiger partial charge in [-0.3, -0.25) is 9.78 Å². The van der Waals surface area contributed by atoms with Gasteiger partial charge in [0.15, 0.2) is 0 Å². The largest absolute Gasteiger partial charge is 0.416 e. The lowest BCUT2D eigenvalue weighted by atomic mass is 9.84. The van der Waals surface area contributed by atoms with Crippen LogP contribution in [0.4, 0.5) is 19.0 Å². The molecule has 3 heterocycles. The molecule has 1 N–H and O–H groups in total. The average molecular weight is 420 g/mol. The van der Waals surface area contributed by atoms with Gasteiger partial charge in [0, 0.05) is 26.2 Å². The molecule has 0 unspecified atom stereocenters. The van der Waals surface area contributed by atoms with Gasteiger partial charge in [-0.05, 0) is 43.4 Å². The fraction of sp³-hybridized carbons (Fsp3) is 0.476. The second-order valence-corrected chi connectivity index (χ2v) is 7.86. The highest BCUT2D eigenvalue weighted by Gasteiger charge is 2.37. The Balaban J connectivity index is 1.47. The van der Waals surface area contributed by atoms with Crippen molar-refractivity contribution in [2.24, 2.45) is 0 Å². The molecular weight excluding hydrogens is 397 g/mol. The highest BCUT2D eigenvalue weighted by molar-refractivity contribution is 5.92. The van der Waals surface area contributed by atoms with Gasteiger partial charge in [0.25, 0.3) is 5.91 Å². The van der Waals surface area contributed by atoms with E-state index in [0.717, 1.165) is 38.1 Å². The van der Waals surface area contributed by atoms with Crippen molar-refractivity contribution in [3.63, 3.8) is 0 Å². The van der Waals surface area contributed by atoms with Crippen LogP contribution in [0.3, 0.4) is 0 Å². The van der Waals surface area contributed by atoms with E-state index in [2.05, 4.69) is 9.97 Å². The maximum atomic E-state index is 13.0. The summed E-state index contributed by atoms with van der Waals surface area (Å²) in [6, 6.07) is 4.87. The molecule has 9 heteroatoms. The van der Waals surface area contributed by atoms with Gasteiger partial charge in [0.2, 0.25) is 0 Å². The van der Waals surface area contributed by atoms with E-state index in [0.29, 0.717) is 18.9 Å². The van der Waals surface area contributed by atoms with Crippen LogP contribution in [0, 0.1) is 0 Å². The van der Waals surface area contributed by atoms with Crippen LogP contribution < -0.4 is 4.90 Å². The lowest BCUT2D eigenvalue weighted by Gasteiger charge is -2.39. The van der Waals surface area contributed by atoms with E-state index in [-0.39, 0.29) is 30.0 Å². The summed E-state index contributed by atoms with van der Waals surface area (Å²) >= 11 is 0. The molecule has 0 radical (unpaired) electrons. The van der Waals surface area contributed by atoms with E-state index < -0.39 is 17.3 Å². The van der Waals surface area contributed by atoms with E-state index in [1.54, 1.807) is 11.1 Å². The fourth-order valence-electron chi connectivity index (χ4n) is 4.07. The number of anilines is 1. The average Bonchev–Trinajstić information content (AvgIpc) is 3.28. The van der Waals surface area contributed by atoms with Gasteiger partial charge in [-0.2, -0.15) is 13.2 Å². The molecule has 0 saturated carbocycles. The van der Waals surface area contributed by atoms with Crippen molar-refractivity contribution in [1.82, 2.24) is 14.9 Å². The maximum Gasteiger partial charge on any atom is 0.416 e. The standard InChI is InChI=1S/C21H23F3N4O2/c22-21(23,24)16-5-3-4-15(12-16)20(30)6-10-27(11-7-20)18-14-25-13-17(26-18)19(29)28-8-1-2-9-28/h3-5,12-14,30H,1-2,6-11H2. The smallest absolute Gasteiger partial charge is 0.385 e. The Morgan fingerprint density at radius 2 is 1.77 bits per heavy atom. The number of rotatable bonds is 3. The predicted octanol–water partition coefficient (Wildman–Crippen LogP) is 3.22. The van der Waals surface area contributed by atoms with Crippen LogP contribution in [0.1, 0.15) is 47.3 Å². The number of piperidine rings is 1. The molecule has 2 aliphatic rings. The van der Waals surface area contributed by atoms with Gasteiger partial charge in [-0.1, -0.05) is 12.1 Å². The first-order chi connectivity index (χ1) is 14.3. The van der Waals surface area contributed by atoms with E-state index in [4.69, 9.17) is 0 Å². The molecule has 0 aliphatic carbocycles. The van der Waals surface area contributed by atoms with Crippen LogP contribution in [0.5, 0.6) is 0 Å². The number of nitrogens with zero attached hydrogens (tertiary/aromatic N) is 4. The number of likely N-dealkylation sites (tertiary alicyclic amines) is 1. The molecule has 2 aliphatic heterocycles. The zero-order valence-corrected chi connectivity index (χ0v) is 16.4. The molecule has 4 rings (SSSR count). The zero-order chi connectivity index (χ0) is 21.4. The third-order valence-corrected chi connectivity index (χ3v) is 5.88. The van der Waals surface area contributed by atoms with Gasteiger partial charge in [0.1, 0.15) is 11.5 Å². The van der Waals surface area contributed by atoms with Gasteiger partial charge < -0.3 is 14.9 Å². The molecule has 2 fully saturated rings. The molecular formula is C21H23F3N4O2. The van der Waals surface area contributed by atoms with Crippen LogP contribution in [-0.2, 0) is 11.8 Å². The van der Waals surface area contributed by atoms with E-state index in [1.165, 1.54) is 18.3 Å². The number of carbonyl (C=O) groups is 1. The van der Waals surface area contributed by atoms with Crippen molar-refractivity contribution in [3.8, 4) is 0 Å². The van der Waals surface area contributed by atoms with Crippen LogP contribution in [0.2, 0.25) is 0 Å². The molecule has 2 aromatic rings. The second-order valence-electron chi connectivity index (χ2n) is 7.86. The third-order valence-electron chi connectivity index (χ3n) is 5.88. The lowest BCUT2D eigenvalue weighted by Crippen LogP contribution is -2.43. The number of alkyl halides is 3. The highest BCUT2D eigenvalue weighted by atomic mass is 19.4. The molecule has 0 spiro atoms.